The van der Waals surface area contributed by atoms with E-state index in [0.29, 0.717) is 23.3 Å². The lowest BCUT2D eigenvalue weighted by Gasteiger charge is -2.19. The van der Waals surface area contributed by atoms with Crippen LogP contribution >= 0.6 is 0 Å². The van der Waals surface area contributed by atoms with Gasteiger partial charge in [0, 0.05) is 13.1 Å². The monoisotopic (exact) mass is 367 g/mol. The fourth-order valence-electron chi connectivity index (χ4n) is 3.46. The number of hydrogen-bond donors (Lipinski definition) is 1. The predicted octanol–water partition coefficient (Wildman–Crippen LogP) is 1.73. The summed E-state index contributed by atoms with van der Waals surface area (Å²) in [6.07, 6.45) is 1.73. The van der Waals surface area contributed by atoms with Crippen molar-refractivity contribution in [3.05, 3.63) is 59.5 Å². The third-order valence-corrected chi connectivity index (χ3v) is 4.93. The van der Waals surface area contributed by atoms with Crippen molar-refractivity contribution in [3.63, 3.8) is 0 Å². The van der Waals surface area contributed by atoms with E-state index in [2.05, 4.69) is 5.32 Å². The highest BCUT2D eigenvalue weighted by molar-refractivity contribution is 6.21. The lowest BCUT2D eigenvalue weighted by molar-refractivity contribution is -0.131. The molecule has 1 aromatic heterocycles. The van der Waals surface area contributed by atoms with Crippen LogP contribution in [0.1, 0.15) is 39.8 Å². The van der Waals surface area contributed by atoms with Crippen molar-refractivity contribution in [1.29, 1.82) is 0 Å². The lowest BCUT2D eigenvalue weighted by Crippen LogP contribution is -2.41. The summed E-state index contributed by atoms with van der Waals surface area (Å²) in [6, 6.07) is 9.38. The second-order valence-electron chi connectivity index (χ2n) is 6.65. The Kier molecular flexibility index (Phi) is 3.83. The summed E-state index contributed by atoms with van der Waals surface area (Å²) in [5.41, 5.74) is -0.499. The first-order chi connectivity index (χ1) is 12.9. The molecule has 8 heteroatoms. The summed E-state index contributed by atoms with van der Waals surface area (Å²) in [6.45, 7) is 1.80. The van der Waals surface area contributed by atoms with Crippen molar-refractivity contribution in [1.82, 2.24) is 15.1 Å². The Labute approximate surface area is 154 Å². The number of carbonyl (C=O) groups excluding carboxylic acids is 4. The largest absolute Gasteiger partial charge is 0.466 e. The molecule has 4 rings (SSSR count). The number of nitrogens with one attached hydrogen (secondary N) is 1. The third-order valence-electron chi connectivity index (χ3n) is 4.93. The number of imide groups is 2. The van der Waals surface area contributed by atoms with Gasteiger partial charge in [-0.2, -0.15) is 0 Å². The van der Waals surface area contributed by atoms with Gasteiger partial charge in [-0.1, -0.05) is 12.1 Å². The zero-order valence-electron chi connectivity index (χ0n) is 14.6. The van der Waals surface area contributed by atoms with Crippen LogP contribution in [0.15, 0.2) is 47.1 Å². The van der Waals surface area contributed by atoms with Crippen LogP contribution in [0.25, 0.3) is 0 Å². The summed E-state index contributed by atoms with van der Waals surface area (Å²) in [5.74, 6) is -0.782. The first kappa shape index (κ1) is 17.0. The molecule has 0 radical (unpaired) electrons. The third kappa shape index (κ3) is 2.52. The van der Waals surface area contributed by atoms with Gasteiger partial charge in [0.25, 0.3) is 17.7 Å². The van der Waals surface area contributed by atoms with Crippen molar-refractivity contribution in [3.8, 4) is 0 Å². The van der Waals surface area contributed by atoms with Gasteiger partial charge in [0.05, 0.1) is 17.4 Å². The van der Waals surface area contributed by atoms with Gasteiger partial charge in [-0.15, -0.1) is 0 Å². The smallest absolute Gasteiger partial charge is 0.325 e. The van der Waals surface area contributed by atoms with Gasteiger partial charge in [0.2, 0.25) is 0 Å². The van der Waals surface area contributed by atoms with Crippen molar-refractivity contribution in [2.75, 3.05) is 13.1 Å². The molecule has 138 valence electrons. The van der Waals surface area contributed by atoms with E-state index in [1.165, 1.54) is 6.26 Å². The summed E-state index contributed by atoms with van der Waals surface area (Å²) in [4.78, 5) is 51.9. The van der Waals surface area contributed by atoms with Gasteiger partial charge >= 0.3 is 6.03 Å². The van der Waals surface area contributed by atoms with Crippen LogP contribution in [0, 0.1) is 0 Å². The second-order valence-corrected chi connectivity index (χ2v) is 6.65. The molecule has 3 heterocycles. The van der Waals surface area contributed by atoms with E-state index < -0.39 is 17.5 Å². The summed E-state index contributed by atoms with van der Waals surface area (Å²) in [7, 11) is 0. The van der Waals surface area contributed by atoms with Crippen molar-refractivity contribution in [2.24, 2.45) is 0 Å². The Balaban J connectivity index is 1.42. The molecular weight excluding hydrogens is 350 g/mol. The molecule has 0 aliphatic carbocycles. The minimum atomic E-state index is -1.25. The minimum Gasteiger partial charge on any atom is -0.466 e. The fourth-order valence-corrected chi connectivity index (χ4v) is 3.46. The Morgan fingerprint density at radius 2 is 1.56 bits per heavy atom. The zero-order valence-corrected chi connectivity index (χ0v) is 14.6. The summed E-state index contributed by atoms with van der Waals surface area (Å²) < 4.78 is 5.28. The maximum absolute atomic E-state index is 12.7. The van der Waals surface area contributed by atoms with Crippen LogP contribution in [-0.4, -0.2) is 46.6 Å². The molecule has 0 spiro atoms. The van der Waals surface area contributed by atoms with Crippen molar-refractivity contribution in [2.45, 2.75) is 18.9 Å². The molecule has 27 heavy (non-hydrogen) atoms. The van der Waals surface area contributed by atoms with E-state index in [9.17, 15) is 19.2 Å². The minimum absolute atomic E-state index is 0.0916. The van der Waals surface area contributed by atoms with Crippen molar-refractivity contribution >= 4 is 23.8 Å². The number of carbonyl (C=O) groups is 4. The van der Waals surface area contributed by atoms with E-state index in [1.807, 2.05) is 0 Å². The molecule has 8 nitrogen and oxygen atoms in total. The average Bonchev–Trinajstić information content (AvgIpc) is 3.33. The Hall–Kier alpha value is -3.42. The van der Waals surface area contributed by atoms with Crippen molar-refractivity contribution < 1.29 is 23.6 Å². The number of fused-ring (bicyclic) bond motifs is 1. The van der Waals surface area contributed by atoms with Gasteiger partial charge < -0.3 is 9.73 Å². The van der Waals surface area contributed by atoms with E-state index in [4.69, 9.17) is 4.42 Å². The van der Waals surface area contributed by atoms with Crippen LogP contribution in [-0.2, 0) is 10.3 Å². The van der Waals surface area contributed by atoms with Gasteiger partial charge in [0.15, 0.2) is 5.54 Å². The van der Waals surface area contributed by atoms with E-state index in [0.717, 1.165) is 9.80 Å². The molecule has 0 bridgehead atoms. The zero-order chi connectivity index (χ0) is 19.2. The SMILES string of the molecule is C[C@]1(c2ccco2)NC(=O)N(CCCN2C(=O)c3ccccc3C2=O)C1=O. The quantitative estimate of drug-likeness (QED) is 0.641. The molecule has 1 N–H and O–H groups in total. The number of nitrogens with zero attached hydrogens (tertiary/aromatic N) is 2. The highest BCUT2D eigenvalue weighted by atomic mass is 16.3. The summed E-state index contributed by atoms with van der Waals surface area (Å²) >= 11 is 0. The van der Waals surface area contributed by atoms with Gasteiger partial charge in [-0.25, -0.2) is 4.79 Å². The first-order valence-corrected chi connectivity index (χ1v) is 8.57. The van der Waals surface area contributed by atoms with E-state index in [-0.39, 0.29) is 24.9 Å². The number of rotatable bonds is 5. The number of urea groups is 1. The molecule has 1 saturated heterocycles. The molecule has 2 aromatic rings. The number of furan rings is 1. The predicted molar refractivity (Wildman–Crippen MR) is 92.7 cm³/mol. The molecule has 0 unspecified atom stereocenters. The molecule has 1 aromatic carbocycles. The Morgan fingerprint density at radius 1 is 0.926 bits per heavy atom. The number of hydrogen-bond acceptors (Lipinski definition) is 5. The van der Waals surface area contributed by atoms with Gasteiger partial charge in [-0.3, -0.25) is 24.2 Å². The highest BCUT2D eigenvalue weighted by Gasteiger charge is 2.50. The first-order valence-electron chi connectivity index (χ1n) is 8.57. The molecule has 2 aliphatic rings. The molecule has 0 saturated carbocycles. The average molecular weight is 367 g/mol. The molecule has 1 fully saturated rings. The Morgan fingerprint density at radius 3 is 2.15 bits per heavy atom. The summed E-state index contributed by atoms with van der Waals surface area (Å²) in [5, 5.41) is 2.64. The van der Waals surface area contributed by atoms with Crippen LogP contribution in [0.4, 0.5) is 4.79 Å². The van der Waals surface area contributed by atoms with Gasteiger partial charge in [-0.05, 0) is 37.6 Å². The normalized spacial score (nSPS) is 21.8. The maximum atomic E-state index is 12.7. The van der Waals surface area contributed by atoms with Gasteiger partial charge in [0.1, 0.15) is 5.76 Å². The Bertz CT molecular complexity index is 917. The lowest BCUT2D eigenvalue weighted by atomic mass is 9.99. The second kappa shape index (κ2) is 6.08. The molecule has 5 amide bonds. The van der Waals surface area contributed by atoms with Crippen LogP contribution in [0.2, 0.25) is 0 Å². The van der Waals surface area contributed by atoms with E-state index >= 15 is 0 Å². The fraction of sp³-hybridized carbons (Fsp3) is 0.263. The maximum Gasteiger partial charge on any atom is 0.325 e. The van der Waals surface area contributed by atoms with E-state index in [1.54, 1.807) is 43.3 Å². The van der Waals surface area contributed by atoms with Crippen LogP contribution < -0.4 is 5.32 Å². The molecule has 1 atom stereocenters. The topological polar surface area (TPSA) is 99.9 Å². The van der Waals surface area contributed by atoms with Crippen LogP contribution in [0.5, 0.6) is 0 Å². The number of benzene rings is 1. The molecular formula is C19H17N3O5. The van der Waals surface area contributed by atoms with Crippen LogP contribution in [0.3, 0.4) is 0 Å². The standard InChI is InChI=1S/C19H17N3O5/c1-19(14-8-4-11-27-14)17(25)22(18(26)20-19)10-5-9-21-15(23)12-6-2-3-7-13(12)16(21)24/h2-4,6-8,11H,5,9-10H2,1H3,(H,20,26)/t19-/m1/s1. The number of amides is 5. The highest BCUT2D eigenvalue weighted by Crippen LogP contribution is 2.29. The molecule has 2 aliphatic heterocycles.